The minimum Gasteiger partial charge on any atom is -0.375 e. The van der Waals surface area contributed by atoms with Crippen LogP contribution in [0.4, 0.5) is 10.1 Å². The third-order valence-electron chi connectivity index (χ3n) is 4.84. The van der Waals surface area contributed by atoms with E-state index in [0.717, 1.165) is 19.3 Å². The van der Waals surface area contributed by atoms with Gasteiger partial charge in [-0.15, -0.1) is 6.58 Å². The molecule has 2 unspecified atom stereocenters. The Balaban J connectivity index is 2.32. The number of halogens is 2. The van der Waals surface area contributed by atoms with Gasteiger partial charge in [-0.1, -0.05) is 42.3 Å². The Labute approximate surface area is 166 Å². The predicted molar refractivity (Wildman–Crippen MR) is 112 cm³/mol. The number of hydrogen-bond acceptors (Lipinski definition) is 5. The first-order valence-corrected chi connectivity index (χ1v) is 9.83. The van der Waals surface area contributed by atoms with E-state index in [2.05, 4.69) is 30.2 Å². The van der Waals surface area contributed by atoms with Gasteiger partial charge >= 0.3 is 0 Å². The molecule has 0 radical (unpaired) electrons. The third kappa shape index (κ3) is 6.30. The second-order valence-electron chi connectivity index (χ2n) is 6.94. The molecule has 1 heterocycles. The topological polar surface area (TPSA) is 79.3 Å². The van der Waals surface area contributed by atoms with E-state index in [0.29, 0.717) is 30.3 Å². The molecule has 0 saturated carbocycles. The summed E-state index contributed by atoms with van der Waals surface area (Å²) in [4.78, 5) is 0. The van der Waals surface area contributed by atoms with Crippen LogP contribution >= 0.6 is 11.6 Å². The second kappa shape index (κ2) is 10.8. The van der Waals surface area contributed by atoms with Gasteiger partial charge < -0.3 is 16.4 Å². The molecule has 1 aromatic rings. The summed E-state index contributed by atoms with van der Waals surface area (Å²) in [5.41, 5.74) is 7.92. The fourth-order valence-corrected chi connectivity index (χ4v) is 3.66. The van der Waals surface area contributed by atoms with Crippen molar-refractivity contribution in [1.82, 2.24) is 10.3 Å². The number of nitrogens with one attached hydrogen (secondary N) is 2. The van der Waals surface area contributed by atoms with E-state index >= 15 is 0 Å². The molecule has 1 aliphatic heterocycles. The summed E-state index contributed by atoms with van der Waals surface area (Å²) in [6.07, 6.45) is 6.37. The summed E-state index contributed by atoms with van der Waals surface area (Å²) in [6, 6.07) is 4.54. The van der Waals surface area contributed by atoms with Gasteiger partial charge in [0.25, 0.3) is 0 Å². The number of benzene rings is 1. The molecule has 0 amide bonds. The number of allylic oxidation sites excluding steroid dienone is 1. The van der Waals surface area contributed by atoms with Crippen LogP contribution in [0.1, 0.15) is 26.2 Å². The largest absolute Gasteiger partial charge is 0.375 e. The zero-order chi connectivity index (χ0) is 19.8. The lowest BCUT2D eigenvalue weighted by atomic mass is 9.93. The van der Waals surface area contributed by atoms with E-state index < -0.39 is 0 Å². The highest BCUT2D eigenvalue weighted by Crippen LogP contribution is 2.29. The van der Waals surface area contributed by atoms with E-state index in [1.165, 1.54) is 11.6 Å². The van der Waals surface area contributed by atoms with E-state index in [4.69, 9.17) is 23.2 Å². The Kier molecular flexibility index (Phi) is 8.73. The first kappa shape index (κ1) is 21.9. The number of hydrogen-bond donors (Lipinski definition) is 4. The molecule has 3 atom stereocenters. The van der Waals surface area contributed by atoms with Crippen molar-refractivity contribution in [2.75, 3.05) is 25.0 Å². The lowest BCUT2D eigenvalue weighted by molar-refractivity contribution is 0.246. The van der Waals surface area contributed by atoms with Crippen molar-refractivity contribution >= 4 is 17.3 Å². The zero-order valence-electron chi connectivity index (χ0n) is 15.9. The van der Waals surface area contributed by atoms with Crippen molar-refractivity contribution in [1.29, 1.82) is 0 Å². The number of anilines is 1. The Morgan fingerprint density at radius 1 is 1.44 bits per heavy atom. The highest BCUT2D eigenvalue weighted by atomic mass is 35.5. The number of rotatable bonds is 6. The normalized spacial score (nSPS) is 26.3. The lowest BCUT2D eigenvalue weighted by Gasteiger charge is -2.28. The van der Waals surface area contributed by atoms with Crippen molar-refractivity contribution in [3.63, 3.8) is 0 Å². The summed E-state index contributed by atoms with van der Waals surface area (Å²) in [6.45, 7) is 7.76. The Morgan fingerprint density at radius 2 is 2.22 bits per heavy atom. The summed E-state index contributed by atoms with van der Waals surface area (Å²) in [7, 11) is 0. The Hall–Kier alpha value is -1.44. The van der Waals surface area contributed by atoms with Crippen molar-refractivity contribution in [3.05, 3.63) is 53.3 Å². The maximum Gasteiger partial charge on any atom is 0.147 e. The minimum atomic E-state index is -0.360. The van der Waals surface area contributed by atoms with E-state index in [1.54, 1.807) is 17.1 Å². The van der Waals surface area contributed by atoms with Gasteiger partial charge in [0.15, 0.2) is 0 Å². The molecule has 7 heteroatoms. The fraction of sp³-hybridized carbons (Fsp3) is 0.500. The Bertz CT molecular complexity index is 631. The molecule has 0 aromatic heterocycles. The van der Waals surface area contributed by atoms with E-state index in [-0.39, 0.29) is 23.9 Å². The first-order chi connectivity index (χ1) is 13.0. The van der Waals surface area contributed by atoms with Crippen LogP contribution in [0.2, 0.25) is 5.02 Å². The van der Waals surface area contributed by atoms with Crippen molar-refractivity contribution in [2.45, 2.75) is 44.3 Å². The van der Waals surface area contributed by atoms with Gasteiger partial charge in [-0.25, -0.2) is 9.40 Å². The third-order valence-corrected chi connectivity index (χ3v) is 5.16. The molecule has 0 spiro atoms. The van der Waals surface area contributed by atoms with Gasteiger partial charge in [0.1, 0.15) is 5.82 Å². The molecule has 27 heavy (non-hydrogen) atoms. The molecule has 1 saturated heterocycles. The number of hydrazine groups is 1. The predicted octanol–water partition coefficient (Wildman–Crippen LogP) is 3.04. The highest BCUT2D eigenvalue weighted by Gasteiger charge is 2.27. The van der Waals surface area contributed by atoms with Gasteiger partial charge in [-0.2, -0.15) is 0 Å². The van der Waals surface area contributed by atoms with Gasteiger partial charge in [-0.3, -0.25) is 5.84 Å². The molecule has 0 bridgehead atoms. The molecule has 1 fully saturated rings. The van der Waals surface area contributed by atoms with Crippen LogP contribution in [0, 0.1) is 5.82 Å². The minimum absolute atomic E-state index is 0.0466. The molecule has 1 aromatic carbocycles. The van der Waals surface area contributed by atoms with Crippen LogP contribution in [-0.2, 0) is 0 Å². The standard InChI is InChI=1S/C20H31ClFN5/c1-3-6-14-12-19(25-10-4-2)17(23)13-27(24)11-9-18(14)26-20-15(21)7-5-8-16(20)22/h4-8,17-19,25-26H,2-3,9-13,23-24H2,1H3/b14-6+/t17-,18?,19?/m1/s1. The Morgan fingerprint density at radius 3 is 2.89 bits per heavy atom. The van der Waals surface area contributed by atoms with Crippen LogP contribution in [0.15, 0.2) is 42.5 Å². The lowest BCUT2D eigenvalue weighted by Crippen LogP contribution is -2.52. The average molecular weight is 396 g/mol. The monoisotopic (exact) mass is 395 g/mol. The van der Waals surface area contributed by atoms with Gasteiger partial charge in [0.2, 0.25) is 0 Å². The van der Waals surface area contributed by atoms with Crippen LogP contribution in [0.5, 0.6) is 0 Å². The zero-order valence-corrected chi connectivity index (χ0v) is 16.7. The summed E-state index contributed by atoms with van der Waals surface area (Å²) in [5, 5.41) is 8.86. The number of nitrogens with zero attached hydrogens (tertiary/aromatic N) is 1. The van der Waals surface area contributed by atoms with Crippen LogP contribution in [0.3, 0.4) is 0 Å². The molecule has 5 nitrogen and oxygen atoms in total. The maximum absolute atomic E-state index is 14.3. The second-order valence-corrected chi connectivity index (χ2v) is 7.34. The van der Waals surface area contributed by atoms with Gasteiger partial charge in [0, 0.05) is 37.8 Å². The fourth-order valence-electron chi connectivity index (χ4n) is 3.44. The van der Waals surface area contributed by atoms with E-state index in [9.17, 15) is 4.39 Å². The molecular formula is C20H31ClFN5. The van der Waals surface area contributed by atoms with Crippen molar-refractivity contribution in [3.8, 4) is 0 Å². The molecule has 1 aliphatic rings. The summed E-state index contributed by atoms with van der Waals surface area (Å²) < 4.78 is 14.3. The first-order valence-electron chi connectivity index (χ1n) is 9.45. The number of para-hydroxylation sites is 1. The van der Waals surface area contributed by atoms with Crippen LogP contribution in [0.25, 0.3) is 0 Å². The van der Waals surface area contributed by atoms with Crippen LogP contribution < -0.4 is 22.2 Å². The molecule has 150 valence electrons. The van der Waals surface area contributed by atoms with Crippen LogP contribution in [-0.4, -0.2) is 42.8 Å². The number of nitrogens with two attached hydrogens (primary N) is 2. The van der Waals surface area contributed by atoms with Crippen molar-refractivity contribution in [2.24, 2.45) is 11.6 Å². The average Bonchev–Trinajstić information content (AvgIpc) is 2.67. The maximum atomic E-state index is 14.3. The van der Waals surface area contributed by atoms with Crippen molar-refractivity contribution < 1.29 is 4.39 Å². The SMILES string of the molecule is C=CCNC1C/C(=C\CC)C(Nc2c(F)cccc2Cl)CCN(N)C[C@H]1N. The molecule has 0 aliphatic carbocycles. The molecule has 2 rings (SSSR count). The summed E-state index contributed by atoms with van der Waals surface area (Å²) >= 11 is 6.23. The van der Waals surface area contributed by atoms with Gasteiger partial charge in [-0.05, 0) is 31.4 Å². The highest BCUT2D eigenvalue weighted by molar-refractivity contribution is 6.33. The van der Waals surface area contributed by atoms with Gasteiger partial charge in [0.05, 0.1) is 10.7 Å². The van der Waals surface area contributed by atoms with E-state index in [1.807, 2.05) is 6.08 Å². The summed E-state index contributed by atoms with van der Waals surface area (Å²) in [5.74, 6) is 5.79. The molecule has 6 N–H and O–H groups in total. The smallest absolute Gasteiger partial charge is 0.147 e. The molecular weight excluding hydrogens is 365 g/mol. The quantitative estimate of drug-likeness (QED) is 0.440.